The predicted molar refractivity (Wildman–Crippen MR) is 87.4 cm³/mol. The number of ether oxygens (including phenoxy) is 1. The van der Waals surface area contributed by atoms with Crippen LogP contribution in [-0.4, -0.2) is 54.4 Å². The second kappa shape index (κ2) is 7.13. The van der Waals surface area contributed by atoms with Gasteiger partial charge < -0.3 is 10.1 Å². The molecule has 0 bridgehead atoms. The molecule has 0 aliphatic carbocycles. The first-order chi connectivity index (χ1) is 13.4. The van der Waals surface area contributed by atoms with E-state index in [0.717, 1.165) is 0 Å². The van der Waals surface area contributed by atoms with E-state index in [4.69, 9.17) is 14.7 Å². The fourth-order valence-corrected chi connectivity index (χ4v) is 5.72. The van der Waals surface area contributed by atoms with Crippen molar-refractivity contribution in [3.05, 3.63) is 11.6 Å². The number of primary sulfonamides is 1. The molecular formula is C12H21N3O5S3. The number of rotatable bonds is 7. The van der Waals surface area contributed by atoms with E-state index >= 15 is 0 Å². The van der Waals surface area contributed by atoms with Crippen molar-refractivity contribution in [3.63, 3.8) is 0 Å². The van der Waals surface area contributed by atoms with E-state index in [-0.39, 0.29) is 24.3 Å². The minimum atomic E-state index is -4.68. The fourth-order valence-electron chi connectivity index (χ4n) is 1.89. The lowest BCUT2D eigenvalue weighted by Gasteiger charge is -2.32. The summed E-state index contributed by atoms with van der Waals surface area (Å²) in [7, 11) is -11.9. The number of fused-ring (bicyclic) bond motifs is 1. The maximum absolute atomic E-state index is 13.1. The molecule has 0 fully saturated rings. The van der Waals surface area contributed by atoms with Crippen LogP contribution in [0.15, 0.2) is 14.5 Å². The van der Waals surface area contributed by atoms with Crippen LogP contribution in [0, 0.1) is 0 Å². The molecule has 3 N–H and O–H groups in total. The molecule has 23 heavy (non-hydrogen) atoms. The van der Waals surface area contributed by atoms with Crippen LogP contribution >= 0.6 is 11.3 Å². The van der Waals surface area contributed by atoms with Crippen LogP contribution < -0.4 is 10.5 Å². The quantitative estimate of drug-likeness (QED) is 0.637. The molecule has 1 atom stereocenters. The van der Waals surface area contributed by atoms with Gasteiger partial charge in [-0.05, 0) is 19.0 Å². The van der Waals surface area contributed by atoms with Crippen LogP contribution in [0.3, 0.4) is 0 Å². The minimum absolute atomic E-state index is 0.00150. The molecule has 0 saturated carbocycles. The second-order valence-electron chi connectivity index (χ2n) is 4.52. The molecule has 1 aliphatic rings. The Kier molecular flexibility index (Phi) is 3.45. The van der Waals surface area contributed by atoms with Crippen LogP contribution in [0.2, 0.25) is 0 Å². The first-order valence-electron chi connectivity index (χ1n) is 9.99. The molecule has 0 aromatic carbocycles. The molecule has 1 aromatic heterocycles. The zero-order valence-electron chi connectivity index (χ0n) is 19.1. The van der Waals surface area contributed by atoms with E-state index in [0.29, 0.717) is 4.31 Å². The van der Waals surface area contributed by atoms with Crippen molar-refractivity contribution < 1.29 is 31.2 Å². The minimum Gasteiger partial charge on any atom is -0.385 e. The molecule has 8 nitrogen and oxygen atoms in total. The van der Waals surface area contributed by atoms with Crippen molar-refractivity contribution in [1.82, 2.24) is 9.62 Å². The fraction of sp³-hybridized carbons (Fsp3) is 0.667. The molecule has 0 radical (unpaired) electrons. The van der Waals surface area contributed by atoms with Gasteiger partial charge in [-0.25, -0.2) is 22.0 Å². The smallest absolute Gasteiger partial charge is 0.252 e. The van der Waals surface area contributed by atoms with Crippen molar-refractivity contribution in [3.8, 4) is 0 Å². The van der Waals surface area contributed by atoms with Crippen LogP contribution in [-0.2, 0) is 24.8 Å². The molecule has 2 heterocycles. The zero-order valence-corrected chi connectivity index (χ0v) is 14.6. The molecule has 1 aromatic rings. The van der Waals surface area contributed by atoms with E-state index in [2.05, 4.69) is 10.1 Å². The summed E-state index contributed by atoms with van der Waals surface area (Å²) in [6, 6.07) is -3.38. The largest absolute Gasteiger partial charge is 0.385 e. The van der Waals surface area contributed by atoms with Crippen LogP contribution in [0.4, 0.5) is 0 Å². The topological polar surface area (TPSA) is 119 Å². The summed E-state index contributed by atoms with van der Waals surface area (Å²) in [6.45, 7) is -2.39. The van der Waals surface area contributed by atoms with Gasteiger partial charge in [-0.3, -0.25) is 0 Å². The van der Waals surface area contributed by atoms with E-state index in [9.17, 15) is 16.8 Å². The highest BCUT2D eigenvalue weighted by Crippen LogP contribution is 2.39. The number of hydrogen-bond acceptors (Lipinski definition) is 7. The van der Waals surface area contributed by atoms with Crippen molar-refractivity contribution in [2.45, 2.75) is 27.8 Å². The average Bonchev–Trinajstić information content (AvgIpc) is 2.91. The Balaban J connectivity index is 2.64. The van der Waals surface area contributed by atoms with Gasteiger partial charge in [0.05, 0.1) is 6.85 Å². The summed E-state index contributed by atoms with van der Waals surface area (Å²) in [5.74, 6) is 0. The highest BCUT2D eigenvalue weighted by molar-refractivity contribution is 7.94. The Bertz CT molecular complexity index is 1020. The number of nitrogens with two attached hydrogens (primary N) is 1. The molecule has 0 saturated heterocycles. The standard InChI is InChI=1S/C12H21N3O5S3/c1-3-14-10-8-15(5-4-6-20-2)23(18,19)12-9(10)7-11(21-12)22(13,16)17/h7,10,14H,3-6,8H2,1-2H3,(H2,13,16,17)/t10-/m0/s1/i2D3,7D,8D2,10D. The van der Waals surface area contributed by atoms with Gasteiger partial charge >= 0.3 is 0 Å². The van der Waals surface area contributed by atoms with E-state index in [1.807, 2.05) is 0 Å². The average molecular weight is 391 g/mol. The third-order valence-corrected chi connectivity index (χ3v) is 7.50. The van der Waals surface area contributed by atoms with Gasteiger partial charge in [0.1, 0.15) is 8.42 Å². The number of methoxy groups -OCH3 is 1. The summed E-state index contributed by atoms with van der Waals surface area (Å²) in [5.41, 5.74) is -0.640. The van der Waals surface area contributed by atoms with Gasteiger partial charge in [-0.15, -0.1) is 11.3 Å². The van der Waals surface area contributed by atoms with Gasteiger partial charge in [0, 0.05) is 41.0 Å². The Morgan fingerprint density at radius 3 is 3.09 bits per heavy atom. The lowest BCUT2D eigenvalue weighted by Crippen LogP contribution is -2.43. The van der Waals surface area contributed by atoms with Crippen LogP contribution in [0.1, 0.15) is 34.5 Å². The molecule has 0 unspecified atom stereocenters. The SMILES string of the molecule is [2H]c1c(S(N)(=O)=O)sc2c1[C@@]([2H])(NCC)C([2H])([2H])N(CCCOC([2H])([2H])[2H])S2(=O)=O. The van der Waals surface area contributed by atoms with Crippen molar-refractivity contribution >= 4 is 31.4 Å². The maximum Gasteiger partial charge on any atom is 0.252 e. The molecule has 2 rings (SSSR count). The van der Waals surface area contributed by atoms with E-state index in [1.54, 1.807) is 0 Å². The summed E-state index contributed by atoms with van der Waals surface area (Å²) in [5, 5.41) is 7.58. The lowest BCUT2D eigenvalue weighted by molar-refractivity contribution is 0.185. The van der Waals surface area contributed by atoms with Gasteiger partial charge in [0.15, 0.2) is 0 Å². The Morgan fingerprint density at radius 1 is 1.74 bits per heavy atom. The number of hydrogen-bond donors (Lipinski definition) is 2. The number of nitrogens with zero attached hydrogens (tertiary/aromatic N) is 1. The third-order valence-electron chi connectivity index (χ3n) is 2.85. The van der Waals surface area contributed by atoms with E-state index < -0.39 is 72.8 Å². The number of nitrogens with one attached hydrogen (secondary N) is 1. The van der Waals surface area contributed by atoms with Crippen molar-refractivity contribution in [1.29, 1.82) is 0 Å². The monoisotopic (exact) mass is 390 g/mol. The maximum atomic E-state index is 13.1. The Morgan fingerprint density at radius 2 is 2.48 bits per heavy atom. The lowest BCUT2D eigenvalue weighted by atomic mass is 10.1. The first kappa shape index (κ1) is 11.1. The third kappa shape index (κ3) is 3.92. The number of thiophene rings is 1. The summed E-state index contributed by atoms with van der Waals surface area (Å²) >= 11 is 0.174. The molecule has 11 heteroatoms. The van der Waals surface area contributed by atoms with Gasteiger partial charge in [0.25, 0.3) is 10.0 Å². The van der Waals surface area contributed by atoms with Gasteiger partial charge in [0.2, 0.25) is 10.0 Å². The zero-order chi connectivity index (χ0) is 23.3. The summed E-state index contributed by atoms with van der Waals surface area (Å²) in [4.78, 5) is 0. The summed E-state index contributed by atoms with van der Waals surface area (Å²) < 4.78 is 108. The molecule has 0 spiro atoms. The van der Waals surface area contributed by atoms with Crippen LogP contribution in [0.5, 0.6) is 0 Å². The number of likely N-dealkylation sites (N-methyl/N-ethyl adjacent to an activating group) is 1. The van der Waals surface area contributed by atoms with Gasteiger partial charge in [-0.1, -0.05) is 6.92 Å². The van der Waals surface area contributed by atoms with Crippen LogP contribution in [0.25, 0.3) is 0 Å². The number of sulfonamides is 2. The van der Waals surface area contributed by atoms with Crippen molar-refractivity contribution in [2.75, 3.05) is 33.2 Å². The molecule has 132 valence electrons. The molecule has 0 amide bonds. The second-order valence-corrected chi connectivity index (χ2v) is 9.35. The normalized spacial score (nSPS) is 31.7. The highest BCUT2D eigenvalue weighted by Gasteiger charge is 2.39. The predicted octanol–water partition coefficient (Wildman–Crippen LogP) is 0.0869. The molecule has 1 aliphatic heterocycles. The Hall–Kier alpha value is -0.560. The Labute approximate surface area is 150 Å². The van der Waals surface area contributed by atoms with E-state index in [1.165, 1.54) is 6.92 Å². The molecular weight excluding hydrogens is 362 g/mol. The highest BCUT2D eigenvalue weighted by atomic mass is 32.3. The summed E-state index contributed by atoms with van der Waals surface area (Å²) in [6.07, 6.45) is -0.212. The van der Waals surface area contributed by atoms with Gasteiger partial charge in [-0.2, -0.15) is 4.31 Å². The first-order valence-corrected chi connectivity index (χ1v) is 10.3. The van der Waals surface area contributed by atoms with Crippen molar-refractivity contribution in [2.24, 2.45) is 5.14 Å².